The average Bonchev–Trinajstić information content (AvgIpc) is 2.52. The Hall–Kier alpha value is -2.62. The number of hydrogen-bond acceptors (Lipinski definition) is 2. The summed E-state index contributed by atoms with van der Waals surface area (Å²) < 4.78 is 0. The minimum absolute atomic E-state index is 0.0383. The zero-order chi connectivity index (χ0) is 17.7. The van der Waals surface area contributed by atoms with Crippen molar-refractivity contribution in [2.75, 3.05) is 11.9 Å². The maximum absolute atomic E-state index is 12.3. The van der Waals surface area contributed by atoms with Gasteiger partial charge in [0, 0.05) is 19.2 Å². The predicted molar refractivity (Wildman–Crippen MR) is 96.8 cm³/mol. The quantitative estimate of drug-likeness (QED) is 0.913. The molecule has 0 aliphatic carbocycles. The molecule has 0 atom stereocenters. The summed E-state index contributed by atoms with van der Waals surface area (Å²) in [6, 6.07) is 13.9. The van der Waals surface area contributed by atoms with Crippen molar-refractivity contribution in [3.63, 3.8) is 0 Å². The van der Waals surface area contributed by atoms with E-state index in [-0.39, 0.29) is 18.4 Å². The fraction of sp³-hybridized carbons (Fsp3) is 0.300. The molecule has 2 amide bonds. The van der Waals surface area contributed by atoms with Crippen molar-refractivity contribution in [1.82, 2.24) is 4.90 Å². The van der Waals surface area contributed by atoms with Gasteiger partial charge in [-0.1, -0.05) is 42.0 Å². The Labute approximate surface area is 143 Å². The lowest BCUT2D eigenvalue weighted by Gasteiger charge is -2.21. The van der Waals surface area contributed by atoms with Gasteiger partial charge in [0.05, 0.1) is 0 Å². The van der Waals surface area contributed by atoms with Crippen LogP contribution in [0.25, 0.3) is 0 Å². The summed E-state index contributed by atoms with van der Waals surface area (Å²) in [6.45, 7) is 7.90. The maximum atomic E-state index is 12.3. The summed E-state index contributed by atoms with van der Waals surface area (Å²) >= 11 is 0. The van der Waals surface area contributed by atoms with Crippen molar-refractivity contribution in [3.8, 4) is 0 Å². The molecule has 0 heterocycles. The van der Waals surface area contributed by atoms with E-state index in [1.165, 1.54) is 12.5 Å². The molecular weight excluding hydrogens is 300 g/mol. The summed E-state index contributed by atoms with van der Waals surface area (Å²) in [5.74, 6) is -0.308. The third-order valence-corrected chi connectivity index (χ3v) is 3.94. The molecular formula is C20H24N2O2. The lowest BCUT2D eigenvalue weighted by molar-refractivity contribution is -0.133. The molecule has 1 N–H and O–H groups in total. The number of nitrogens with zero attached hydrogens (tertiary/aromatic N) is 1. The van der Waals surface area contributed by atoms with Crippen LogP contribution in [0.2, 0.25) is 0 Å². The van der Waals surface area contributed by atoms with Gasteiger partial charge in [0.15, 0.2) is 0 Å². The van der Waals surface area contributed by atoms with E-state index >= 15 is 0 Å². The number of carbonyl (C=O) groups excluding carboxylic acids is 2. The first-order valence-corrected chi connectivity index (χ1v) is 8.03. The SMILES string of the molecule is CC(=O)N(CC(=O)Nc1cc(C)ccc1C)Cc1ccc(C)cc1. The molecule has 2 aromatic rings. The monoisotopic (exact) mass is 324 g/mol. The molecule has 0 saturated heterocycles. The Balaban J connectivity index is 2.04. The maximum Gasteiger partial charge on any atom is 0.244 e. The van der Waals surface area contributed by atoms with Gasteiger partial charge in [0.25, 0.3) is 0 Å². The Bertz CT molecular complexity index is 736. The summed E-state index contributed by atoms with van der Waals surface area (Å²) in [6.07, 6.45) is 0. The van der Waals surface area contributed by atoms with Crippen LogP contribution >= 0.6 is 0 Å². The number of aryl methyl sites for hydroxylation is 3. The van der Waals surface area contributed by atoms with E-state index in [4.69, 9.17) is 0 Å². The van der Waals surface area contributed by atoms with Crippen LogP contribution in [0.3, 0.4) is 0 Å². The molecule has 4 nitrogen and oxygen atoms in total. The lowest BCUT2D eigenvalue weighted by atomic mass is 10.1. The number of benzene rings is 2. The normalized spacial score (nSPS) is 10.3. The molecule has 0 aliphatic rings. The van der Waals surface area contributed by atoms with Gasteiger partial charge in [-0.15, -0.1) is 0 Å². The van der Waals surface area contributed by atoms with Crippen LogP contribution in [-0.2, 0) is 16.1 Å². The number of carbonyl (C=O) groups is 2. The fourth-order valence-corrected chi connectivity index (χ4v) is 2.43. The van der Waals surface area contributed by atoms with Crippen LogP contribution in [0, 0.1) is 20.8 Å². The van der Waals surface area contributed by atoms with Crippen LogP contribution in [-0.4, -0.2) is 23.3 Å². The Kier molecular flexibility index (Phi) is 5.74. The van der Waals surface area contributed by atoms with Gasteiger partial charge in [0.1, 0.15) is 6.54 Å². The van der Waals surface area contributed by atoms with Gasteiger partial charge in [-0.25, -0.2) is 0 Å². The molecule has 0 unspecified atom stereocenters. The molecule has 2 rings (SSSR count). The number of rotatable bonds is 5. The zero-order valence-corrected chi connectivity index (χ0v) is 14.7. The first-order chi connectivity index (χ1) is 11.3. The van der Waals surface area contributed by atoms with E-state index < -0.39 is 0 Å². The third kappa shape index (κ3) is 4.95. The molecule has 2 aromatic carbocycles. The summed E-state index contributed by atoms with van der Waals surface area (Å²) in [4.78, 5) is 25.7. The lowest BCUT2D eigenvalue weighted by Crippen LogP contribution is -2.36. The standard InChI is InChI=1S/C20H24N2O2/c1-14-6-9-18(10-7-14)12-22(17(4)23)13-20(24)21-19-11-15(2)5-8-16(19)3/h5-11H,12-13H2,1-4H3,(H,21,24). The van der Waals surface area contributed by atoms with Gasteiger partial charge < -0.3 is 10.2 Å². The number of amides is 2. The minimum atomic E-state index is -0.189. The second-order valence-electron chi connectivity index (χ2n) is 6.23. The first kappa shape index (κ1) is 17.7. The molecule has 0 aromatic heterocycles. The predicted octanol–water partition coefficient (Wildman–Crippen LogP) is 3.60. The smallest absolute Gasteiger partial charge is 0.244 e. The van der Waals surface area contributed by atoms with Crippen LogP contribution in [0.15, 0.2) is 42.5 Å². The summed E-state index contributed by atoms with van der Waals surface area (Å²) in [7, 11) is 0. The largest absolute Gasteiger partial charge is 0.329 e. The molecule has 0 spiro atoms. The fourth-order valence-electron chi connectivity index (χ4n) is 2.43. The number of anilines is 1. The molecule has 126 valence electrons. The number of hydrogen-bond donors (Lipinski definition) is 1. The third-order valence-electron chi connectivity index (χ3n) is 3.94. The van der Waals surface area contributed by atoms with Crippen molar-refractivity contribution in [2.45, 2.75) is 34.2 Å². The Morgan fingerprint density at radius 3 is 2.21 bits per heavy atom. The highest BCUT2D eigenvalue weighted by atomic mass is 16.2. The van der Waals surface area contributed by atoms with Crippen LogP contribution in [0.1, 0.15) is 29.2 Å². The number of nitrogens with one attached hydrogen (secondary N) is 1. The molecule has 24 heavy (non-hydrogen) atoms. The minimum Gasteiger partial charge on any atom is -0.329 e. The topological polar surface area (TPSA) is 49.4 Å². The van der Waals surface area contributed by atoms with Crippen molar-refractivity contribution in [1.29, 1.82) is 0 Å². The Morgan fingerprint density at radius 1 is 0.958 bits per heavy atom. The molecule has 0 bridgehead atoms. The second-order valence-corrected chi connectivity index (χ2v) is 6.23. The highest BCUT2D eigenvalue weighted by Gasteiger charge is 2.15. The van der Waals surface area contributed by atoms with E-state index in [9.17, 15) is 9.59 Å². The Morgan fingerprint density at radius 2 is 1.58 bits per heavy atom. The van der Waals surface area contributed by atoms with Crippen molar-refractivity contribution >= 4 is 17.5 Å². The van der Waals surface area contributed by atoms with Crippen molar-refractivity contribution < 1.29 is 9.59 Å². The summed E-state index contributed by atoms with van der Waals surface area (Å²) in [5.41, 5.74) is 5.05. The van der Waals surface area contributed by atoms with Crippen LogP contribution in [0.4, 0.5) is 5.69 Å². The zero-order valence-electron chi connectivity index (χ0n) is 14.7. The van der Waals surface area contributed by atoms with E-state index in [0.717, 1.165) is 22.4 Å². The second kappa shape index (κ2) is 7.77. The van der Waals surface area contributed by atoms with Crippen molar-refractivity contribution in [3.05, 3.63) is 64.7 Å². The van der Waals surface area contributed by atoms with E-state index in [1.807, 2.05) is 63.2 Å². The highest BCUT2D eigenvalue weighted by Crippen LogP contribution is 2.16. The average molecular weight is 324 g/mol. The van der Waals surface area contributed by atoms with Crippen LogP contribution in [0.5, 0.6) is 0 Å². The van der Waals surface area contributed by atoms with Gasteiger partial charge in [-0.2, -0.15) is 0 Å². The highest BCUT2D eigenvalue weighted by molar-refractivity contribution is 5.94. The van der Waals surface area contributed by atoms with E-state index in [1.54, 1.807) is 4.90 Å². The summed E-state index contributed by atoms with van der Waals surface area (Å²) in [5, 5.41) is 2.90. The van der Waals surface area contributed by atoms with Gasteiger partial charge in [-0.3, -0.25) is 9.59 Å². The molecule has 0 radical (unpaired) electrons. The molecule has 4 heteroatoms. The van der Waals surface area contributed by atoms with Gasteiger partial charge >= 0.3 is 0 Å². The van der Waals surface area contributed by atoms with E-state index in [2.05, 4.69) is 5.32 Å². The first-order valence-electron chi connectivity index (χ1n) is 8.03. The van der Waals surface area contributed by atoms with Crippen LogP contribution < -0.4 is 5.32 Å². The molecule has 0 saturated carbocycles. The molecule has 0 aliphatic heterocycles. The van der Waals surface area contributed by atoms with Crippen molar-refractivity contribution in [2.24, 2.45) is 0 Å². The van der Waals surface area contributed by atoms with E-state index in [0.29, 0.717) is 6.54 Å². The van der Waals surface area contributed by atoms with Gasteiger partial charge in [0.2, 0.25) is 11.8 Å². The van der Waals surface area contributed by atoms with Gasteiger partial charge in [-0.05, 0) is 43.5 Å². The molecule has 0 fully saturated rings.